The molecule has 0 fully saturated rings. The summed E-state index contributed by atoms with van der Waals surface area (Å²) < 4.78 is 0. The molecule has 1 atom stereocenters. The van der Waals surface area contributed by atoms with Crippen molar-refractivity contribution in [1.82, 2.24) is 10.2 Å². The lowest BCUT2D eigenvalue weighted by Gasteiger charge is -2.07. The van der Waals surface area contributed by atoms with Crippen LogP contribution in [0.5, 0.6) is 0 Å². The summed E-state index contributed by atoms with van der Waals surface area (Å²) in [6.07, 6.45) is 0.677. The standard InChI is InChI=1S/C14H17N3O3.ClH/c1-8(15)5-6-16-12(18)9-3-4-10-11(7-9)14(20)17(2)13(10)19;/h3-4,7-8H,5-6,15H2,1-2H3,(H,16,18);1H. The highest BCUT2D eigenvalue weighted by Gasteiger charge is 2.33. The lowest BCUT2D eigenvalue weighted by molar-refractivity contribution is 0.0693. The van der Waals surface area contributed by atoms with Gasteiger partial charge in [0.25, 0.3) is 17.7 Å². The Balaban J connectivity index is 0.00000220. The normalized spacial score (nSPS) is 14.5. The Bertz CT molecular complexity index is 587. The number of nitrogens with two attached hydrogens (primary N) is 1. The van der Waals surface area contributed by atoms with Gasteiger partial charge in [-0.05, 0) is 31.5 Å². The molecule has 0 radical (unpaired) electrons. The second kappa shape index (κ2) is 6.69. The van der Waals surface area contributed by atoms with Crippen molar-refractivity contribution in [2.75, 3.05) is 13.6 Å². The number of nitrogens with zero attached hydrogens (tertiary/aromatic N) is 1. The van der Waals surface area contributed by atoms with Gasteiger partial charge in [-0.2, -0.15) is 0 Å². The van der Waals surface area contributed by atoms with Crippen LogP contribution in [0.4, 0.5) is 0 Å². The van der Waals surface area contributed by atoms with Gasteiger partial charge in [0.2, 0.25) is 0 Å². The molecular formula is C14H18ClN3O3. The average molecular weight is 312 g/mol. The van der Waals surface area contributed by atoms with E-state index in [4.69, 9.17) is 5.73 Å². The van der Waals surface area contributed by atoms with Crippen LogP contribution in [-0.4, -0.2) is 42.3 Å². The number of fused-ring (bicyclic) bond motifs is 1. The van der Waals surface area contributed by atoms with E-state index in [1.54, 1.807) is 6.07 Å². The number of carbonyl (C=O) groups excluding carboxylic acids is 3. The molecule has 1 aliphatic heterocycles. The maximum atomic E-state index is 11.9. The van der Waals surface area contributed by atoms with Crippen LogP contribution in [0, 0.1) is 0 Å². The van der Waals surface area contributed by atoms with Gasteiger partial charge in [-0.15, -0.1) is 12.4 Å². The van der Waals surface area contributed by atoms with Crippen LogP contribution in [0.25, 0.3) is 0 Å². The summed E-state index contributed by atoms with van der Waals surface area (Å²) in [5.41, 5.74) is 6.58. The van der Waals surface area contributed by atoms with Crippen LogP contribution < -0.4 is 11.1 Å². The van der Waals surface area contributed by atoms with Crippen molar-refractivity contribution in [2.24, 2.45) is 5.73 Å². The first-order valence-corrected chi connectivity index (χ1v) is 6.42. The molecule has 1 aromatic carbocycles. The monoisotopic (exact) mass is 311 g/mol. The Morgan fingerprint density at radius 3 is 2.52 bits per heavy atom. The molecule has 7 heteroatoms. The van der Waals surface area contributed by atoms with Gasteiger partial charge in [-0.3, -0.25) is 19.3 Å². The highest BCUT2D eigenvalue weighted by Crippen LogP contribution is 2.22. The first-order valence-electron chi connectivity index (χ1n) is 6.42. The molecule has 1 aliphatic rings. The fraction of sp³-hybridized carbons (Fsp3) is 0.357. The minimum Gasteiger partial charge on any atom is -0.352 e. The van der Waals surface area contributed by atoms with Gasteiger partial charge in [0.15, 0.2) is 0 Å². The maximum absolute atomic E-state index is 11.9. The van der Waals surface area contributed by atoms with E-state index in [-0.39, 0.29) is 41.7 Å². The second-order valence-electron chi connectivity index (χ2n) is 4.95. The molecule has 6 nitrogen and oxygen atoms in total. The molecule has 1 heterocycles. The number of benzene rings is 1. The molecule has 0 saturated heterocycles. The zero-order valence-electron chi connectivity index (χ0n) is 11.9. The molecule has 1 aromatic rings. The van der Waals surface area contributed by atoms with E-state index >= 15 is 0 Å². The zero-order valence-corrected chi connectivity index (χ0v) is 12.7. The minimum absolute atomic E-state index is 0. The summed E-state index contributed by atoms with van der Waals surface area (Å²) >= 11 is 0. The van der Waals surface area contributed by atoms with Crippen molar-refractivity contribution in [3.05, 3.63) is 34.9 Å². The van der Waals surface area contributed by atoms with Crippen molar-refractivity contribution in [2.45, 2.75) is 19.4 Å². The summed E-state index contributed by atoms with van der Waals surface area (Å²) in [4.78, 5) is 36.5. The van der Waals surface area contributed by atoms with Crippen LogP contribution in [0.3, 0.4) is 0 Å². The van der Waals surface area contributed by atoms with E-state index in [0.717, 1.165) is 4.90 Å². The SMILES string of the molecule is CC(N)CCNC(=O)c1ccc2c(c1)C(=O)N(C)C2=O.Cl. The number of rotatable bonds is 4. The number of carbonyl (C=O) groups is 3. The second-order valence-corrected chi connectivity index (χ2v) is 4.95. The van der Waals surface area contributed by atoms with E-state index < -0.39 is 0 Å². The topological polar surface area (TPSA) is 92.5 Å². The van der Waals surface area contributed by atoms with Gasteiger partial charge < -0.3 is 11.1 Å². The van der Waals surface area contributed by atoms with E-state index in [9.17, 15) is 14.4 Å². The first kappa shape index (κ1) is 17.1. The Morgan fingerprint density at radius 1 is 1.29 bits per heavy atom. The highest BCUT2D eigenvalue weighted by molar-refractivity contribution is 6.21. The summed E-state index contributed by atoms with van der Waals surface area (Å²) in [6.45, 7) is 2.34. The van der Waals surface area contributed by atoms with Crippen molar-refractivity contribution in [3.63, 3.8) is 0 Å². The largest absolute Gasteiger partial charge is 0.352 e. The van der Waals surface area contributed by atoms with E-state index in [0.29, 0.717) is 24.1 Å². The van der Waals surface area contributed by atoms with Crippen molar-refractivity contribution < 1.29 is 14.4 Å². The molecule has 1 unspecified atom stereocenters. The predicted octanol–water partition coefficient (Wildman–Crippen LogP) is 0.801. The van der Waals surface area contributed by atoms with E-state index in [1.807, 2.05) is 6.92 Å². The zero-order chi connectivity index (χ0) is 14.9. The summed E-state index contributed by atoms with van der Waals surface area (Å²) in [7, 11) is 1.42. The first-order chi connectivity index (χ1) is 9.41. The van der Waals surface area contributed by atoms with Gasteiger partial charge in [0, 0.05) is 25.2 Å². The molecule has 2 rings (SSSR count). The summed E-state index contributed by atoms with van der Waals surface area (Å²) in [5, 5.41) is 2.73. The Morgan fingerprint density at radius 2 is 1.90 bits per heavy atom. The van der Waals surface area contributed by atoms with Gasteiger partial charge in [-0.25, -0.2) is 0 Å². The van der Waals surface area contributed by atoms with Gasteiger partial charge >= 0.3 is 0 Å². The highest BCUT2D eigenvalue weighted by atomic mass is 35.5. The summed E-state index contributed by atoms with van der Waals surface area (Å²) in [5.74, 6) is -0.993. The van der Waals surface area contributed by atoms with Gasteiger partial charge in [0.1, 0.15) is 0 Å². The van der Waals surface area contributed by atoms with Crippen LogP contribution in [0.15, 0.2) is 18.2 Å². The lowest BCUT2D eigenvalue weighted by Crippen LogP contribution is -2.29. The smallest absolute Gasteiger partial charge is 0.261 e. The van der Waals surface area contributed by atoms with E-state index in [2.05, 4.69) is 5.32 Å². The number of hydrogen-bond acceptors (Lipinski definition) is 4. The Labute approximate surface area is 129 Å². The van der Waals surface area contributed by atoms with Crippen molar-refractivity contribution in [1.29, 1.82) is 0 Å². The number of amides is 3. The molecule has 3 amide bonds. The molecule has 0 spiro atoms. The van der Waals surface area contributed by atoms with Gasteiger partial charge in [0.05, 0.1) is 11.1 Å². The number of nitrogens with one attached hydrogen (secondary N) is 1. The lowest BCUT2D eigenvalue weighted by atomic mass is 10.1. The maximum Gasteiger partial charge on any atom is 0.261 e. The molecule has 3 N–H and O–H groups in total. The fourth-order valence-corrected chi connectivity index (χ4v) is 2.02. The average Bonchev–Trinajstić information content (AvgIpc) is 2.63. The third kappa shape index (κ3) is 3.40. The molecule has 114 valence electrons. The fourth-order valence-electron chi connectivity index (χ4n) is 2.02. The quantitative estimate of drug-likeness (QED) is 0.805. The van der Waals surface area contributed by atoms with Crippen LogP contribution in [-0.2, 0) is 0 Å². The van der Waals surface area contributed by atoms with Crippen LogP contribution >= 0.6 is 12.4 Å². The predicted molar refractivity (Wildman–Crippen MR) is 80.7 cm³/mol. The molecule has 21 heavy (non-hydrogen) atoms. The van der Waals surface area contributed by atoms with E-state index in [1.165, 1.54) is 19.2 Å². The molecular weight excluding hydrogens is 294 g/mol. The van der Waals surface area contributed by atoms with Crippen molar-refractivity contribution >= 4 is 30.1 Å². The van der Waals surface area contributed by atoms with Crippen molar-refractivity contribution in [3.8, 4) is 0 Å². The molecule has 0 bridgehead atoms. The number of halogens is 1. The third-order valence-electron chi connectivity index (χ3n) is 3.24. The van der Waals surface area contributed by atoms with Gasteiger partial charge in [-0.1, -0.05) is 0 Å². The minimum atomic E-state index is -0.379. The Kier molecular flexibility index (Phi) is 5.46. The Hall–Kier alpha value is -1.92. The molecule has 0 aromatic heterocycles. The third-order valence-corrected chi connectivity index (χ3v) is 3.24. The number of imide groups is 1. The number of hydrogen-bond donors (Lipinski definition) is 2. The van der Waals surface area contributed by atoms with Crippen LogP contribution in [0.1, 0.15) is 44.4 Å². The molecule has 0 saturated carbocycles. The molecule has 0 aliphatic carbocycles. The van der Waals surface area contributed by atoms with Crippen LogP contribution in [0.2, 0.25) is 0 Å². The summed E-state index contributed by atoms with van der Waals surface area (Å²) in [6, 6.07) is 4.53.